The standard InChI is InChI=1S/C12H16BrNO/c1-8-5-10(13)6-9(2)11(8)15-7-12(14)3-4-12/h5-6H,3-4,7,14H2,1-2H3. The van der Waals surface area contributed by atoms with E-state index in [-0.39, 0.29) is 5.54 Å². The first-order chi connectivity index (χ1) is 7.00. The Morgan fingerprint density at radius 1 is 1.33 bits per heavy atom. The Balaban J connectivity index is 2.13. The van der Waals surface area contributed by atoms with Crippen molar-refractivity contribution in [3.63, 3.8) is 0 Å². The molecule has 0 aliphatic heterocycles. The minimum absolute atomic E-state index is 0.0496. The molecule has 0 radical (unpaired) electrons. The third-order valence-electron chi connectivity index (χ3n) is 2.82. The molecule has 0 unspecified atom stereocenters. The van der Waals surface area contributed by atoms with Gasteiger partial charge in [0, 0.05) is 4.47 Å². The summed E-state index contributed by atoms with van der Waals surface area (Å²) >= 11 is 3.47. The van der Waals surface area contributed by atoms with Gasteiger partial charge in [0.15, 0.2) is 0 Å². The number of nitrogens with two attached hydrogens (primary N) is 1. The molecule has 0 aromatic heterocycles. The van der Waals surface area contributed by atoms with Gasteiger partial charge in [-0.25, -0.2) is 0 Å². The Bertz CT molecular complexity index is 362. The van der Waals surface area contributed by atoms with Gasteiger partial charge >= 0.3 is 0 Å². The molecule has 0 saturated heterocycles. The third-order valence-corrected chi connectivity index (χ3v) is 3.28. The van der Waals surface area contributed by atoms with Crippen LogP contribution >= 0.6 is 15.9 Å². The van der Waals surface area contributed by atoms with Gasteiger partial charge < -0.3 is 10.5 Å². The van der Waals surface area contributed by atoms with E-state index in [1.54, 1.807) is 0 Å². The van der Waals surface area contributed by atoms with Crippen molar-refractivity contribution in [1.29, 1.82) is 0 Å². The first-order valence-electron chi connectivity index (χ1n) is 5.19. The molecule has 2 nitrogen and oxygen atoms in total. The summed E-state index contributed by atoms with van der Waals surface area (Å²) in [7, 11) is 0. The molecule has 3 heteroatoms. The average Bonchev–Trinajstić information content (AvgIpc) is 2.82. The fraction of sp³-hybridized carbons (Fsp3) is 0.500. The summed E-state index contributed by atoms with van der Waals surface area (Å²) in [5, 5.41) is 0. The maximum atomic E-state index is 5.99. The lowest BCUT2D eigenvalue weighted by Crippen LogP contribution is -2.30. The summed E-state index contributed by atoms with van der Waals surface area (Å²) in [5.74, 6) is 0.981. The number of halogens is 1. The van der Waals surface area contributed by atoms with E-state index in [4.69, 9.17) is 10.5 Å². The van der Waals surface area contributed by atoms with Gasteiger partial charge in [-0.05, 0) is 49.9 Å². The van der Waals surface area contributed by atoms with Gasteiger partial charge in [-0.2, -0.15) is 0 Å². The SMILES string of the molecule is Cc1cc(Br)cc(C)c1OCC1(N)CC1. The van der Waals surface area contributed by atoms with E-state index in [9.17, 15) is 0 Å². The van der Waals surface area contributed by atoms with Crippen LogP contribution in [-0.4, -0.2) is 12.1 Å². The van der Waals surface area contributed by atoms with E-state index in [0.717, 1.165) is 34.2 Å². The molecule has 1 aromatic carbocycles. The van der Waals surface area contributed by atoms with Crippen LogP contribution in [0.5, 0.6) is 5.75 Å². The highest BCUT2D eigenvalue weighted by atomic mass is 79.9. The molecule has 2 N–H and O–H groups in total. The molecule has 0 amide bonds. The predicted octanol–water partition coefficient (Wildman–Crippen LogP) is 2.94. The molecular weight excluding hydrogens is 254 g/mol. The fourth-order valence-corrected chi connectivity index (χ4v) is 2.33. The van der Waals surface area contributed by atoms with Crippen molar-refractivity contribution < 1.29 is 4.74 Å². The minimum Gasteiger partial charge on any atom is -0.491 e. The molecule has 0 bridgehead atoms. The molecular formula is C12H16BrNO. The predicted molar refractivity (Wildman–Crippen MR) is 65.3 cm³/mol. The van der Waals surface area contributed by atoms with Gasteiger partial charge in [0.05, 0.1) is 5.54 Å². The van der Waals surface area contributed by atoms with Gasteiger partial charge in [0.25, 0.3) is 0 Å². The van der Waals surface area contributed by atoms with Gasteiger partial charge in [-0.3, -0.25) is 0 Å². The van der Waals surface area contributed by atoms with Crippen LogP contribution in [0.1, 0.15) is 24.0 Å². The quantitative estimate of drug-likeness (QED) is 0.916. The smallest absolute Gasteiger partial charge is 0.125 e. The highest BCUT2D eigenvalue weighted by molar-refractivity contribution is 9.10. The first kappa shape index (κ1) is 11.0. The van der Waals surface area contributed by atoms with Gasteiger partial charge in [0.2, 0.25) is 0 Å². The highest BCUT2D eigenvalue weighted by Crippen LogP contribution is 2.34. The second-order valence-corrected chi connectivity index (χ2v) is 5.44. The topological polar surface area (TPSA) is 35.2 Å². The number of aryl methyl sites for hydroxylation is 2. The van der Waals surface area contributed by atoms with E-state index in [1.807, 2.05) is 0 Å². The number of benzene rings is 1. The Kier molecular flexibility index (Phi) is 2.77. The van der Waals surface area contributed by atoms with Crippen LogP contribution < -0.4 is 10.5 Å². The number of rotatable bonds is 3. The molecule has 1 aliphatic carbocycles. The average molecular weight is 270 g/mol. The zero-order valence-corrected chi connectivity index (χ0v) is 10.7. The lowest BCUT2D eigenvalue weighted by molar-refractivity contribution is 0.276. The van der Waals surface area contributed by atoms with Gasteiger partial charge in [0.1, 0.15) is 12.4 Å². The summed E-state index contributed by atoms with van der Waals surface area (Å²) < 4.78 is 6.90. The normalized spacial score (nSPS) is 17.6. The largest absolute Gasteiger partial charge is 0.491 e. The maximum absolute atomic E-state index is 5.99. The fourth-order valence-electron chi connectivity index (χ4n) is 1.65. The van der Waals surface area contributed by atoms with Crippen LogP contribution in [0.3, 0.4) is 0 Å². The second-order valence-electron chi connectivity index (χ2n) is 4.52. The molecule has 1 saturated carbocycles. The lowest BCUT2D eigenvalue weighted by Gasteiger charge is -2.15. The van der Waals surface area contributed by atoms with E-state index in [1.165, 1.54) is 0 Å². The molecule has 82 valence electrons. The maximum Gasteiger partial charge on any atom is 0.125 e. The summed E-state index contributed by atoms with van der Waals surface area (Å²) in [6.07, 6.45) is 2.17. The van der Waals surface area contributed by atoms with E-state index < -0.39 is 0 Å². The zero-order valence-electron chi connectivity index (χ0n) is 9.14. The second kappa shape index (κ2) is 3.80. The van der Waals surface area contributed by atoms with Crippen LogP contribution in [0, 0.1) is 13.8 Å². The number of hydrogen-bond acceptors (Lipinski definition) is 2. The highest BCUT2D eigenvalue weighted by Gasteiger charge is 2.39. The van der Waals surface area contributed by atoms with Crippen molar-refractivity contribution in [2.24, 2.45) is 5.73 Å². The summed E-state index contributed by atoms with van der Waals surface area (Å²) in [6, 6.07) is 4.14. The molecule has 1 aliphatic rings. The van der Waals surface area contributed by atoms with Crippen LogP contribution in [0.25, 0.3) is 0 Å². The van der Waals surface area contributed by atoms with E-state index in [2.05, 4.69) is 41.9 Å². The van der Waals surface area contributed by atoms with Crippen molar-refractivity contribution in [2.45, 2.75) is 32.2 Å². The molecule has 0 atom stereocenters. The minimum atomic E-state index is -0.0496. The van der Waals surface area contributed by atoms with Crippen LogP contribution in [-0.2, 0) is 0 Å². The van der Waals surface area contributed by atoms with Crippen molar-refractivity contribution in [2.75, 3.05) is 6.61 Å². The third kappa shape index (κ3) is 2.52. The monoisotopic (exact) mass is 269 g/mol. The molecule has 15 heavy (non-hydrogen) atoms. The number of hydrogen-bond donors (Lipinski definition) is 1. The zero-order chi connectivity index (χ0) is 11.1. The molecule has 0 heterocycles. The molecule has 0 spiro atoms. The van der Waals surface area contributed by atoms with E-state index >= 15 is 0 Å². The van der Waals surface area contributed by atoms with Gasteiger partial charge in [-0.1, -0.05) is 15.9 Å². The molecule has 2 rings (SSSR count). The van der Waals surface area contributed by atoms with Crippen LogP contribution in [0.15, 0.2) is 16.6 Å². The van der Waals surface area contributed by atoms with Crippen molar-refractivity contribution >= 4 is 15.9 Å². The van der Waals surface area contributed by atoms with Crippen molar-refractivity contribution in [3.05, 3.63) is 27.7 Å². The number of ether oxygens (including phenoxy) is 1. The van der Waals surface area contributed by atoms with E-state index in [0.29, 0.717) is 6.61 Å². The van der Waals surface area contributed by atoms with Gasteiger partial charge in [-0.15, -0.1) is 0 Å². The Morgan fingerprint density at radius 2 is 1.87 bits per heavy atom. The summed E-state index contributed by atoms with van der Waals surface area (Å²) in [6.45, 7) is 4.75. The Morgan fingerprint density at radius 3 is 2.33 bits per heavy atom. The lowest BCUT2D eigenvalue weighted by atomic mass is 10.1. The first-order valence-corrected chi connectivity index (χ1v) is 5.98. The summed E-state index contributed by atoms with van der Waals surface area (Å²) in [5.41, 5.74) is 8.26. The van der Waals surface area contributed by atoms with Crippen molar-refractivity contribution in [1.82, 2.24) is 0 Å². The van der Waals surface area contributed by atoms with Crippen molar-refractivity contribution in [3.8, 4) is 5.75 Å². The molecule has 1 fully saturated rings. The Labute approximate surface area is 98.9 Å². The van der Waals surface area contributed by atoms with Crippen LogP contribution in [0.4, 0.5) is 0 Å². The summed E-state index contributed by atoms with van der Waals surface area (Å²) in [4.78, 5) is 0. The molecule has 1 aromatic rings. The Hall–Kier alpha value is -0.540. The van der Waals surface area contributed by atoms with Crippen LogP contribution in [0.2, 0.25) is 0 Å².